The van der Waals surface area contributed by atoms with Crippen LogP contribution in [0.5, 0.6) is 0 Å². The van der Waals surface area contributed by atoms with Gasteiger partial charge in [-0.2, -0.15) is 0 Å². The molecule has 0 aliphatic heterocycles. The van der Waals surface area contributed by atoms with Crippen LogP contribution in [0.3, 0.4) is 0 Å². The summed E-state index contributed by atoms with van der Waals surface area (Å²) in [6.45, 7) is 2.13. The predicted molar refractivity (Wildman–Crippen MR) is 64.0 cm³/mol. The molecule has 0 aromatic heterocycles. The third kappa shape index (κ3) is 2.35. The van der Waals surface area contributed by atoms with E-state index in [1.165, 1.54) is 19.3 Å². The van der Waals surface area contributed by atoms with Crippen molar-refractivity contribution in [3.63, 3.8) is 0 Å². The summed E-state index contributed by atoms with van der Waals surface area (Å²) in [6, 6.07) is 1.11. The molecule has 2 aliphatic rings. The van der Waals surface area contributed by atoms with Crippen molar-refractivity contribution in [1.29, 1.82) is 0 Å². The number of hydrogen-bond donors (Lipinski definition) is 1. The minimum atomic E-state index is -1.76. The van der Waals surface area contributed by atoms with Crippen LogP contribution in [0.1, 0.15) is 19.3 Å². The first-order chi connectivity index (χ1) is 7.17. The van der Waals surface area contributed by atoms with Crippen molar-refractivity contribution < 1.29 is 9.53 Å². The normalized spacial score (nSPS) is 37.1. The Kier molecular flexibility index (Phi) is 3.33. The Morgan fingerprint density at radius 2 is 2.20 bits per heavy atom. The lowest BCUT2D eigenvalue weighted by molar-refractivity contribution is 0.295. The van der Waals surface area contributed by atoms with E-state index in [9.17, 15) is 5.11 Å². The van der Waals surface area contributed by atoms with Crippen LogP contribution in [0.15, 0.2) is 12.2 Å². The van der Waals surface area contributed by atoms with Crippen LogP contribution in [-0.2, 0) is 4.43 Å². The Hall–Kier alpha value is -0.123. The second-order valence-corrected chi connectivity index (χ2v) is 9.52. The maximum absolute atomic E-state index is 9.31. The van der Waals surface area contributed by atoms with Gasteiger partial charge in [0.2, 0.25) is 8.32 Å². The minimum Gasteiger partial charge on any atom is -0.418 e. The Bertz CT molecular complexity index is 248. The molecular formula is C12H22O2Si. The maximum atomic E-state index is 9.31. The van der Waals surface area contributed by atoms with Crippen LogP contribution < -0.4 is 0 Å². The van der Waals surface area contributed by atoms with Gasteiger partial charge >= 0.3 is 0 Å². The van der Waals surface area contributed by atoms with Crippen LogP contribution >= 0.6 is 0 Å². The van der Waals surface area contributed by atoms with Crippen molar-refractivity contribution in [2.24, 2.45) is 17.8 Å². The molecule has 0 amide bonds. The maximum Gasteiger partial charge on any atom is 0.214 e. The number of allylic oxidation sites excluding steroid dienone is 2. The topological polar surface area (TPSA) is 29.5 Å². The van der Waals surface area contributed by atoms with Gasteiger partial charge in [-0.05, 0) is 43.2 Å². The summed E-state index contributed by atoms with van der Waals surface area (Å²) < 4.78 is 5.50. The van der Waals surface area contributed by atoms with Gasteiger partial charge in [0.05, 0.1) is 6.23 Å². The molecule has 3 heteroatoms. The lowest BCUT2D eigenvalue weighted by atomic mass is 9.91. The number of hydrogen-bond acceptors (Lipinski definition) is 2. The summed E-state index contributed by atoms with van der Waals surface area (Å²) in [4.78, 5) is 0. The summed E-state index contributed by atoms with van der Waals surface area (Å²) in [5.74, 6) is 2.57. The lowest BCUT2D eigenvalue weighted by Gasteiger charge is -2.26. The van der Waals surface area contributed by atoms with Crippen LogP contribution in [0.2, 0.25) is 12.6 Å². The van der Waals surface area contributed by atoms with E-state index in [0.717, 1.165) is 23.8 Å². The van der Waals surface area contributed by atoms with Crippen LogP contribution in [0.4, 0.5) is 0 Å². The molecule has 1 N–H and O–H groups in total. The van der Waals surface area contributed by atoms with Gasteiger partial charge in [0.15, 0.2) is 0 Å². The Balaban J connectivity index is 1.81. The second kappa shape index (κ2) is 4.40. The average molecular weight is 226 g/mol. The molecule has 15 heavy (non-hydrogen) atoms. The number of aliphatic hydroxyl groups excluding tert-OH is 1. The summed E-state index contributed by atoms with van der Waals surface area (Å²) in [7, 11) is -0.00781. The first kappa shape index (κ1) is 11.4. The monoisotopic (exact) mass is 226 g/mol. The van der Waals surface area contributed by atoms with E-state index < -0.39 is 8.32 Å². The summed E-state index contributed by atoms with van der Waals surface area (Å²) in [6.07, 6.45) is 9.07. The molecule has 1 fully saturated rings. The minimum absolute atomic E-state index is 0.264. The summed E-state index contributed by atoms with van der Waals surface area (Å²) in [5.41, 5.74) is 0. The fourth-order valence-corrected chi connectivity index (χ4v) is 4.44. The zero-order chi connectivity index (χ0) is 10.9. The fourth-order valence-electron chi connectivity index (χ4n) is 2.96. The summed E-state index contributed by atoms with van der Waals surface area (Å²) in [5, 5.41) is 9.31. The van der Waals surface area contributed by atoms with Crippen LogP contribution in [-0.4, -0.2) is 26.8 Å². The zero-order valence-electron chi connectivity index (χ0n) is 9.78. The van der Waals surface area contributed by atoms with E-state index in [0.29, 0.717) is 0 Å². The molecule has 0 saturated heterocycles. The molecule has 4 unspecified atom stereocenters. The van der Waals surface area contributed by atoms with E-state index in [4.69, 9.17) is 4.43 Å². The molecule has 1 saturated carbocycles. The van der Waals surface area contributed by atoms with E-state index in [-0.39, 0.29) is 6.23 Å². The Labute approximate surface area is 93.5 Å². The predicted octanol–water partition coefficient (Wildman–Crippen LogP) is 2.34. The molecule has 2 aliphatic carbocycles. The third-order valence-electron chi connectivity index (χ3n) is 4.29. The van der Waals surface area contributed by atoms with Gasteiger partial charge in [-0.1, -0.05) is 18.6 Å². The van der Waals surface area contributed by atoms with Gasteiger partial charge in [-0.3, -0.25) is 0 Å². The second-order valence-electron chi connectivity index (χ2n) is 5.39. The van der Waals surface area contributed by atoms with Crippen molar-refractivity contribution in [2.45, 2.75) is 31.9 Å². The largest absolute Gasteiger partial charge is 0.418 e. The van der Waals surface area contributed by atoms with Crippen molar-refractivity contribution in [2.75, 3.05) is 13.3 Å². The molecular weight excluding hydrogens is 204 g/mol. The lowest BCUT2D eigenvalue weighted by Crippen LogP contribution is -2.38. The van der Waals surface area contributed by atoms with Crippen LogP contribution in [0.25, 0.3) is 0 Å². The van der Waals surface area contributed by atoms with E-state index >= 15 is 0 Å². The molecule has 0 heterocycles. The van der Waals surface area contributed by atoms with Crippen molar-refractivity contribution in [3.8, 4) is 0 Å². The molecule has 0 aromatic rings. The Morgan fingerprint density at radius 1 is 1.40 bits per heavy atom. The van der Waals surface area contributed by atoms with Gasteiger partial charge in [-0.25, -0.2) is 0 Å². The first-order valence-corrected chi connectivity index (χ1v) is 8.83. The summed E-state index contributed by atoms with van der Waals surface area (Å²) >= 11 is 0. The number of rotatable bonds is 5. The van der Waals surface area contributed by atoms with Crippen molar-refractivity contribution in [3.05, 3.63) is 12.2 Å². The smallest absolute Gasteiger partial charge is 0.214 e. The van der Waals surface area contributed by atoms with E-state index in [1.807, 2.05) is 0 Å². The highest BCUT2D eigenvalue weighted by Gasteiger charge is 2.37. The molecule has 2 bridgehead atoms. The van der Waals surface area contributed by atoms with Gasteiger partial charge in [0, 0.05) is 7.11 Å². The van der Waals surface area contributed by atoms with Crippen LogP contribution in [0, 0.1) is 17.8 Å². The van der Waals surface area contributed by atoms with Crippen molar-refractivity contribution >= 4 is 8.32 Å². The molecule has 4 atom stereocenters. The van der Waals surface area contributed by atoms with Gasteiger partial charge < -0.3 is 9.53 Å². The highest BCUT2D eigenvalue weighted by Crippen LogP contribution is 2.45. The van der Waals surface area contributed by atoms with Crippen molar-refractivity contribution in [1.82, 2.24) is 0 Å². The molecule has 86 valence electrons. The highest BCUT2D eigenvalue weighted by molar-refractivity contribution is 6.72. The Morgan fingerprint density at radius 3 is 2.67 bits per heavy atom. The van der Waals surface area contributed by atoms with E-state index in [2.05, 4.69) is 18.7 Å². The zero-order valence-corrected chi connectivity index (χ0v) is 10.8. The first-order valence-electron chi connectivity index (χ1n) is 6.01. The number of aliphatic hydroxyl groups is 1. The molecule has 2 rings (SSSR count). The average Bonchev–Trinajstić information content (AvgIpc) is 2.87. The standard InChI is InChI=1S/C12H22O2Si/c1-14-15(2,9-13)6-5-12-8-10-3-4-11(12)7-10/h3-4,10-13H,5-9H2,1-2H3. The van der Waals surface area contributed by atoms with Gasteiger partial charge in [0.25, 0.3) is 0 Å². The fraction of sp³-hybridized carbons (Fsp3) is 0.833. The molecule has 2 nitrogen and oxygen atoms in total. The van der Waals surface area contributed by atoms with Gasteiger partial charge in [0.1, 0.15) is 0 Å². The molecule has 0 spiro atoms. The molecule has 0 radical (unpaired) electrons. The quantitative estimate of drug-likeness (QED) is 0.576. The number of fused-ring (bicyclic) bond motifs is 2. The SMILES string of the molecule is CO[Si](C)(CO)CCC1CC2C=CC1C2. The van der Waals surface area contributed by atoms with Gasteiger partial charge in [-0.15, -0.1) is 0 Å². The van der Waals surface area contributed by atoms with E-state index in [1.54, 1.807) is 7.11 Å². The molecule has 0 aromatic carbocycles. The third-order valence-corrected chi connectivity index (χ3v) is 7.29. The highest BCUT2D eigenvalue weighted by atomic mass is 28.4.